The molecule has 0 aromatic carbocycles. The summed E-state index contributed by atoms with van der Waals surface area (Å²) in [6.07, 6.45) is 4.02. The Morgan fingerprint density at radius 2 is 1.88 bits per heavy atom. The Bertz CT molecular complexity index is 1130. The van der Waals surface area contributed by atoms with E-state index in [9.17, 15) is 34.8 Å². The normalized spacial score (nSPS) is 31.4. The van der Waals surface area contributed by atoms with Crippen LogP contribution in [0.3, 0.4) is 0 Å². The van der Waals surface area contributed by atoms with Gasteiger partial charge in [0.1, 0.15) is 17.1 Å². The average Bonchev–Trinajstić information content (AvgIpc) is 2.70. The third kappa shape index (κ3) is 3.34. The van der Waals surface area contributed by atoms with Crippen LogP contribution in [0.25, 0.3) is 0 Å². The first-order chi connectivity index (χ1) is 15.0. The van der Waals surface area contributed by atoms with E-state index >= 15 is 0 Å². The van der Waals surface area contributed by atoms with Crippen molar-refractivity contribution in [3.63, 3.8) is 0 Å². The van der Waals surface area contributed by atoms with Gasteiger partial charge in [0, 0.05) is 50.0 Å². The largest absolute Gasteiger partial charge is 0.554 e. The first-order valence-corrected chi connectivity index (χ1v) is 9.92. The summed E-state index contributed by atoms with van der Waals surface area (Å²) in [6.45, 7) is 0. The molecule has 1 amide bonds. The summed E-state index contributed by atoms with van der Waals surface area (Å²) in [6, 6.07) is -1.09. The van der Waals surface area contributed by atoms with Crippen molar-refractivity contribution >= 4 is 17.5 Å². The summed E-state index contributed by atoms with van der Waals surface area (Å²) in [4.78, 5) is 38.9. The predicted molar refractivity (Wildman–Crippen MR) is 109 cm³/mol. The van der Waals surface area contributed by atoms with Gasteiger partial charge in [-0.1, -0.05) is 0 Å². The van der Waals surface area contributed by atoms with E-state index in [1.807, 2.05) is 0 Å². The molecule has 1 radical (unpaired) electrons. The number of hydrogen-bond acceptors (Lipinski definition) is 9. The third-order valence-electron chi connectivity index (χ3n) is 6.72. The zero-order valence-electron chi connectivity index (χ0n) is 18.2. The number of carbonyl (C=O) groups is 3. The van der Waals surface area contributed by atoms with Gasteiger partial charge in [0.15, 0.2) is 11.4 Å². The van der Waals surface area contributed by atoms with E-state index in [0.29, 0.717) is 11.3 Å². The summed E-state index contributed by atoms with van der Waals surface area (Å²) in [5, 5.41) is 44.4. The van der Waals surface area contributed by atoms with Crippen molar-refractivity contribution in [1.29, 1.82) is 0 Å². The molecule has 0 unspecified atom stereocenters. The summed E-state index contributed by atoms with van der Waals surface area (Å²) >= 11 is 0. The number of likely N-dealkylation sites (N-methyl/N-ethyl adjacent to an activating group) is 1. The minimum Gasteiger partial charge on any atom is -0.554 e. The second-order valence-corrected chi connectivity index (χ2v) is 8.52. The van der Waals surface area contributed by atoms with Gasteiger partial charge in [0.2, 0.25) is 0 Å². The van der Waals surface area contributed by atoms with E-state index in [-0.39, 0.29) is 56.7 Å². The fourth-order valence-electron chi connectivity index (χ4n) is 5.34. The monoisotopic (exact) mass is 532 g/mol. The van der Waals surface area contributed by atoms with Gasteiger partial charge in [-0.3, -0.25) is 14.5 Å². The van der Waals surface area contributed by atoms with Crippen LogP contribution in [-0.2, 0) is 51.8 Å². The van der Waals surface area contributed by atoms with Crippen LogP contribution in [0.5, 0.6) is 0 Å². The number of carbonyl (C=O) groups excluding carboxylic acids is 3. The van der Waals surface area contributed by atoms with Crippen molar-refractivity contribution < 1.29 is 72.3 Å². The van der Waals surface area contributed by atoms with Crippen LogP contribution < -0.4 is 5.73 Å². The Balaban J connectivity index is 0.00000306. The fourth-order valence-corrected chi connectivity index (χ4v) is 5.34. The van der Waals surface area contributed by atoms with Gasteiger partial charge in [-0.05, 0) is 38.4 Å². The van der Waals surface area contributed by atoms with Crippen molar-refractivity contribution in [2.45, 2.75) is 24.5 Å². The topological polar surface area (TPSA) is 171 Å². The number of Topliss-reactive ketones (excluding diaryl/α,β-unsaturated/α-hetero) is 2. The molecular formula is C22H23N2O8Y-. The molecule has 0 spiro atoms. The van der Waals surface area contributed by atoms with Gasteiger partial charge >= 0.3 is 0 Å². The van der Waals surface area contributed by atoms with Crippen molar-refractivity contribution in [3.8, 4) is 0 Å². The van der Waals surface area contributed by atoms with Crippen molar-refractivity contribution in [2.24, 2.45) is 17.6 Å². The Hall–Kier alpha value is -2.27. The molecule has 173 valence electrons. The third-order valence-corrected chi connectivity index (χ3v) is 6.72. The number of aliphatic hydroxyl groups excluding tert-OH is 3. The Morgan fingerprint density at radius 3 is 2.42 bits per heavy atom. The molecule has 0 aliphatic heterocycles. The molecule has 0 heterocycles. The summed E-state index contributed by atoms with van der Waals surface area (Å²) in [7, 11) is 4.52. The second-order valence-electron chi connectivity index (χ2n) is 8.52. The number of amides is 1. The van der Waals surface area contributed by atoms with E-state index in [1.165, 1.54) is 18.1 Å². The number of nitrogens with two attached hydrogens (primary N) is 1. The van der Waals surface area contributed by atoms with E-state index < -0.39 is 63.8 Å². The number of allylic oxidation sites excluding steroid dienone is 5. The number of aliphatic hydroxyl groups is 4. The molecular weight excluding hydrogens is 509 g/mol. The summed E-state index contributed by atoms with van der Waals surface area (Å²) < 4.78 is 5.30. The van der Waals surface area contributed by atoms with E-state index in [0.717, 1.165) is 0 Å². The summed E-state index contributed by atoms with van der Waals surface area (Å²) in [5.41, 5.74) is 2.07. The molecule has 0 saturated carbocycles. The predicted octanol–water partition coefficient (Wildman–Crippen LogP) is 0.0319. The molecule has 6 N–H and O–H groups in total. The maximum atomic E-state index is 13.0. The molecule has 0 aromatic rings. The molecule has 33 heavy (non-hydrogen) atoms. The number of rotatable bonds is 3. The van der Waals surface area contributed by atoms with Crippen LogP contribution in [0.2, 0.25) is 0 Å². The number of primary amides is 1. The van der Waals surface area contributed by atoms with Crippen LogP contribution in [0.1, 0.15) is 12.8 Å². The minimum absolute atomic E-state index is 0. The maximum Gasteiger partial charge on any atom is 0.255 e. The van der Waals surface area contributed by atoms with Crippen LogP contribution in [0, 0.1) is 17.9 Å². The molecule has 4 rings (SSSR count). The molecule has 11 heteroatoms. The average molecular weight is 532 g/mol. The molecule has 4 atom stereocenters. The molecule has 0 saturated heterocycles. The van der Waals surface area contributed by atoms with Gasteiger partial charge < -0.3 is 35.7 Å². The van der Waals surface area contributed by atoms with Gasteiger partial charge in [-0.25, -0.2) is 0 Å². The van der Waals surface area contributed by atoms with E-state index in [4.69, 9.17) is 10.5 Å². The Morgan fingerprint density at radius 1 is 1.24 bits per heavy atom. The zero-order chi connectivity index (χ0) is 23.7. The molecule has 0 bridgehead atoms. The Labute approximate surface area is 214 Å². The molecule has 4 aliphatic rings. The molecule has 0 aromatic heterocycles. The van der Waals surface area contributed by atoms with Gasteiger partial charge in [-0.15, -0.1) is 17.7 Å². The van der Waals surface area contributed by atoms with Crippen LogP contribution in [0.4, 0.5) is 0 Å². The number of methoxy groups -OCH3 is 1. The zero-order valence-corrected chi connectivity index (χ0v) is 21.1. The van der Waals surface area contributed by atoms with Crippen molar-refractivity contribution in [2.75, 3.05) is 21.2 Å². The van der Waals surface area contributed by atoms with Gasteiger partial charge in [0.25, 0.3) is 5.91 Å². The minimum atomic E-state index is -2.56. The number of ketones is 2. The SMILES string of the molecule is COC1=C2C[C@H]3C[C@H]4[C@H](N(C)C)C(=O)C(C(N)=O)=C(O)[C@@]4(O)C(O)=C3C(O)=C2C(=O)[C-]=C1.[Y]. The molecule has 0 fully saturated rings. The number of fused-ring (bicyclic) bond motifs is 3. The quantitative estimate of drug-likeness (QED) is 0.249. The van der Waals surface area contributed by atoms with Crippen molar-refractivity contribution in [1.82, 2.24) is 4.90 Å². The maximum absolute atomic E-state index is 13.0. The standard InChI is InChI=1S/C22H23N2O8.Y/c1-24(2)16-10-7-8-6-9-12(32-3)5-4-11(25)14(9)17(26)13(8)19(28)22(10,31)20(29)15(18(16)27)21(23)30;/h5,8,10,16,26,28-29,31H,6-7H2,1-3H3,(H2,23,30);/q-1;/t8-,10-,16-,22-;/m0./s1. The smallest absolute Gasteiger partial charge is 0.255 e. The summed E-state index contributed by atoms with van der Waals surface area (Å²) in [5.74, 6) is -6.49. The number of ether oxygens (including phenoxy) is 1. The van der Waals surface area contributed by atoms with Gasteiger partial charge in [0.05, 0.1) is 24.7 Å². The first-order valence-electron chi connectivity index (χ1n) is 9.92. The van der Waals surface area contributed by atoms with E-state index in [2.05, 4.69) is 6.08 Å². The van der Waals surface area contributed by atoms with Crippen LogP contribution in [-0.4, -0.2) is 75.6 Å². The van der Waals surface area contributed by atoms with Crippen LogP contribution in [0.15, 0.2) is 51.4 Å². The van der Waals surface area contributed by atoms with Gasteiger partial charge in [-0.2, -0.15) is 0 Å². The first kappa shape index (κ1) is 25.4. The molecule has 4 aliphatic carbocycles. The van der Waals surface area contributed by atoms with E-state index in [1.54, 1.807) is 14.1 Å². The Kier molecular flexibility index (Phi) is 6.53. The number of nitrogens with zero attached hydrogens (tertiary/aromatic N) is 1. The van der Waals surface area contributed by atoms with Crippen molar-refractivity contribution in [3.05, 3.63) is 57.5 Å². The second kappa shape index (κ2) is 8.50. The van der Waals surface area contributed by atoms with Crippen LogP contribution >= 0.6 is 0 Å². The number of hydrogen-bond donors (Lipinski definition) is 5. The molecule has 10 nitrogen and oxygen atoms in total. The fraction of sp³-hybridized carbons (Fsp3) is 0.409.